The Bertz CT molecular complexity index is 402. The molecule has 0 aromatic heterocycles. The molecule has 0 bridgehead atoms. The molecule has 0 saturated carbocycles. The molecule has 1 aliphatic rings. The Labute approximate surface area is 121 Å². The minimum Gasteiger partial charge on any atom is -0.339 e. The summed E-state index contributed by atoms with van der Waals surface area (Å²) in [5.74, 6) is 0.201. The molecule has 1 heterocycles. The predicted molar refractivity (Wildman–Crippen MR) is 77.7 cm³/mol. The first-order chi connectivity index (χ1) is 8.31. The third-order valence-electron chi connectivity index (χ3n) is 3.51. The molecule has 6 nitrogen and oxygen atoms in total. The summed E-state index contributed by atoms with van der Waals surface area (Å²) < 4.78 is 24.3. The number of carbonyl (C=O) groups is 1. The highest BCUT2D eigenvalue weighted by Gasteiger charge is 2.32. The van der Waals surface area contributed by atoms with Gasteiger partial charge in [0.25, 0.3) is 0 Å². The van der Waals surface area contributed by atoms with E-state index in [1.54, 1.807) is 11.8 Å². The van der Waals surface area contributed by atoms with Crippen LogP contribution in [0.25, 0.3) is 0 Å². The van der Waals surface area contributed by atoms with Gasteiger partial charge in [0.05, 0.1) is 12.3 Å². The van der Waals surface area contributed by atoms with Gasteiger partial charge in [-0.15, -0.1) is 12.4 Å². The maximum atomic E-state index is 12.1. The molecule has 2 N–H and O–H groups in total. The lowest BCUT2D eigenvalue weighted by atomic mass is 10.1. The van der Waals surface area contributed by atoms with Crippen LogP contribution in [-0.4, -0.2) is 62.0 Å². The highest BCUT2D eigenvalue weighted by molar-refractivity contribution is 7.89. The first kappa shape index (κ1) is 18.6. The number of likely N-dealkylation sites (tertiary alicyclic amines) is 1. The molecule has 2 atom stereocenters. The summed E-state index contributed by atoms with van der Waals surface area (Å²) in [5, 5.41) is 0. The van der Waals surface area contributed by atoms with E-state index in [9.17, 15) is 13.2 Å². The Hall–Kier alpha value is -0.370. The Morgan fingerprint density at radius 3 is 2.47 bits per heavy atom. The highest BCUT2D eigenvalue weighted by Crippen LogP contribution is 2.22. The van der Waals surface area contributed by atoms with Crippen LogP contribution < -0.4 is 5.73 Å². The van der Waals surface area contributed by atoms with Gasteiger partial charge in [-0.05, 0) is 32.7 Å². The zero-order valence-corrected chi connectivity index (χ0v) is 13.3. The molecule has 1 amide bonds. The Kier molecular flexibility index (Phi) is 7.28. The van der Waals surface area contributed by atoms with Gasteiger partial charge < -0.3 is 10.6 Å². The molecule has 0 aliphatic carbocycles. The van der Waals surface area contributed by atoms with Crippen LogP contribution in [0.1, 0.15) is 20.3 Å². The Balaban J connectivity index is 0.00000324. The smallest absolute Gasteiger partial charge is 0.238 e. The highest BCUT2D eigenvalue weighted by atomic mass is 35.5. The van der Waals surface area contributed by atoms with Crippen molar-refractivity contribution in [1.29, 1.82) is 0 Å². The van der Waals surface area contributed by atoms with Gasteiger partial charge in [-0.2, -0.15) is 4.31 Å². The van der Waals surface area contributed by atoms with Gasteiger partial charge in [0.15, 0.2) is 0 Å². The van der Waals surface area contributed by atoms with Gasteiger partial charge in [0.2, 0.25) is 15.9 Å². The van der Waals surface area contributed by atoms with Crippen molar-refractivity contribution in [2.24, 2.45) is 11.7 Å². The molecular weight excluding hydrogens is 290 g/mol. The zero-order valence-electron chi connectivity index (χ0n) is 11.7. The Morgan fingerprint density at radius 2 is 2.05 bits per heavy atom. The third kappa shape index (κ3) is 4.59. The van der Waals surface area contributed by atoms with E-state index in [-0.39, 0.29) is 36.7 Å². The number of amides is 1. The van der Waals surface area contributed by atoms with Crippen LogP contribution in [0.3, 0.4) is 0 Å². The van der Waals surface area contributed by atoms with Gasteiger partial charge in [0, 0.05) is 19.6 Å². The number of halogens is 1. The maximum Gasteiger partial charge on any atom is 0.238 e. The van der Waals surface area contributed by atoms with Gasteiger partial charge in [-0.3, -0.25) is 4.79 Å². The molecular formula is C11H24ClN3O3S. The number of hydrogen-bond donors (Lipinski definition) is 1. The maximum absolute atomic E-state index is 12.1. The molecule has 0 aromatic carbocycles. The summed E-state index contributed by atoms with van der Waals surface area (Å²) in [5.41, 5.74) is 5.61. The second kappa shape index (κ2) is 7.42. The van der Waals surface area contributed by atoms with Crippen molar-refractivity contribution in [2.75, 3.05) is 32.4 Å². The topological polar surface area (TPSA) is 83.7 Å². The van der Waals surface area contributed by atoms with Gasteiger partial charge in [-0.1, -0.05) is 0 Å². The number of carbonyl (C=O) groups excluding carboxylic acids is 1. The Morgan fingerprint density at radius 1 is 1.47 bits per heavy atom. The predicted octanol–water partition coefficient (Wildman–Crippen LogP) is -0.115. The van der Waals surface area contributed by atoms with E-state index in [2.05, 4.69) is 0 Å². The fourth-order valence-corrected chi connectivity index (χ4v) is 3.01. The molecule has 1 aliphatic heterocycles. The number of sulfonamides is 1. The fraction of sp³-hybridized carbons (Fsp3) is 0.909. The average Bonchev–Trinajstić information content (AvgIpc) is 2.70. The fourth-order valence-electron chi connectivity index (χ4n) is 2.26. The minimum atomic E-state index is -3.30. The molecule has 0 spiro atoms. The van der Waals surface area contributed by atoms with E-state index in [4.69, 9.17) is 5.73 Å². The van der Waals surface area contributed by atoms with Crippen LogP contribution in [0.5, 0.6) is 0 Å². The van der Waals surface area contributed by atoms with Gasteiger partial charge in [-0.25, -0.2) is 8.42 Å². The molecule has 1 fully saturated rings. The SMILES string of the molecule is CCS(=O)(=O)N(C)CC(=O)N1CC(CN)CC1C.Cl. The van der Waals surface area contributed by atoms with E-state index in [1.165, 1.54) is 7.05 Å². The second-order valence-electron chi connectivity index (χ2n) is 4.89. The monoisotopic (exact) mass is 313 g/mol. The molecule has 0 radical (unpaired) electrons. The summed E-state index contributed by atoms with van der Waals surface area (Å²) in [6.45, 7) is 4.66. The van der Waals surface area contributed by atoms with Crippen LogP contribution in [0.4, 0.5) is 0 Å². The van der Waals surface area contributed by atoms with Crippen molar-refractivity contribution in [3.05, 3.63) is 0 Å². The van der Waals surface area contributed by atoms with Crippen molar-refractivity contribution in [3.63, 3.8) is 0 Å². The standard InChI is InChI=1S/C11H23N3O3S.ClH/c1-4-18(16,17)13(3)8-11(15)14-7-10(6-12)5-9(14)2;/h9-10H,4-8,12H2,1-3H3;1H. The first-order valence-corrected chi connectivity index (χ1v) is 7.86. The lowest BCUT2D eigenvalue weighted by Gasteiger charge is -2.24. The molecule has 114 valence electrons. The van der Waals surface area contributed by atoms with Crippen LogP contribution in [0.15, 0.2) is 0 Å². The summed E-state index contributed by atoms with van der Waals surface area (Å²) in [6, 6.07) is 0.142. The number of nitrogens with two attached hydrogens (primary N) is 1. The van der Waals surface area contributed by atoms with E-state index in [0.29, 0.717) is 19.0 Å². The number of likely N-dealkylation sites (N-methyl/N-ethyl adjacent to an activating group) is 1. The van der Waals surface area contributed by atoms with Crippen LogP contribution in [0, 0.1) is 5.92 Å². The van der Waals surface area contributed by atoms with Crippen molar-refractivity contribution in [3.8, 4) is 0 Å². The summed E-state index contributed by atoms with van der Waals surface area (Å²) >= 11 is 0. The quantitative estimate of drug-likeness (QED) is 0.767. The molecule has 8 heteroatoms. The lowest BCUT2D eigenvalue weighted by molar-refractivity contribution is -0.131. The minimum absolute atomic E-state index is 0. The van der Waals surface area contributed by atoms with Crippen LogP contribution in [0.2, 0.25) is 0 Å². The third-order valence-corrected chi connectivity index (χ3v) is 5.32. The first-order valence-electron chi connectivity index (χ1n) is 6.25. The normalized spacial score (nSPS) is 23.5. The summed E-state index contributed by atoms with van der Waals surface area (Å²) in [7, 11) is -1.86. The van der Waals surface area contributed by atoms with E-state index >= 15 is 0 Å². The van der Waals surface area contributed by atoms with E-state index < -0.39 is 10.0 Å². The molecule has 1 saturated heterocycles. The molecule has 2 unspecified atom stereocenters. The van der Waals surface area contributed by atoms with Crippen molar-refractivity contribution < 1.29 is 13.2 Å². The van der Waals surface area contributed by atoms with Crippen molar-refractivity contribution in [1.82, 2.24) is 9.21 Å². The van der Waals surface area contributed by atoms with Gasteiger partial charge >= 0.3 is 0 Å². The average molecular weight is 314 g/mol. The van der Waals surface area contributed by atoms with E-state index in [1.807, 2.05) is 6.92 Å². The number of rotatable bonds is 5. The summed E-state index contributed by atoms with van der Waals surface area (Å²) in [6.07, 6.45) is 0.895. The zero-order chi connectivity index (χ0) is 13.9. The largest absolute Gasteiger partial charge is 0.339 e. The molecule has 1 rings (SSSR count). The second-order valence-corrected chi connectivity index (χ2v) is 7.25. The summed E-state index contributed by atoms with van der Waals surface area (Å²) in [4.78, 5) is 13.8. The van der Waals surface area contributed by atoms with Crippen LogP contribution >= 0.6 is 12.4 Å². The van der Waals surface area contributed by atoms with Crippen molar-refractivity contribution >= 4 is 28.3 Å². The van der Waals surface area contributed by atoms with Crippen molar-refractivity contribution in [2.45, 2.75) is 26.3 Å². The van der Waals surface area contributed by atoms with Crippen LogP contribution in [-0.2, 0) is 14.8 Å². The lowest BCUT2D eigenvalue weighted by Crippen LogP contribution is -2.43. The van der Waals surface area contributed by atoms with E-state index in [0.717, 1.165) is 10.7 Å². The van der Waals surface area contributed by atoms with Gasteiger partial charge in [0.1, 0.15) is 0 Å². The molecule has 19 heavy (non-hydrogen) atoms. The number of nitrogens with zero attached hydrogens (tertiary/aromatic N) is 2. The molecule has 0 aromatic rings. The number of hydrogen-bond acceptors (Lipinski definition) is 4.